The van der Waals surface area contributed by atoms with E-state index in [0.29, 0.717) is 17.9 Å². The Morgan fingerprint density at radius 2 is 1.90 bits per heavy atom. The molecule has 10 heteroatoms. The summed E-state index contributed by atoms with van der Waals surface area (Å²) in [6.45, 7) is 11.2. The van der Waals surface area contributed by atoms with Gasteiger partial charge in [-0.25, -0.2) is 4.98 Å². The van der Waals surface area contributed by atoms with Crippen LogP contribution in [0.2, 0.25) is 0 Å². The van der Waals surface area contributed by atoms with Gasteiger partial charge in [-0.3, -0.25) is 9.89 Å². The van der Waals surface area contributed by atoms with Crippen molar-refractivity contribution in [3.63, 3.8) is 0 Å². The van der Waals surface area contributed by atoms with Gasteiger partial charge in [0.2, 0.25) is 0 Å². The molecule has 212 valence electrons. The van der Waals surface area contributed by atoms with E-state index in [4.69, 9.17) is 10.5 Å². The zero-order chi connectivity index (χ0) is 27.4. The predicted molar refractivity (Wildman–Crippen MR) is 154 cm³/mol. The Hall–Kier alpha value is -0.954. The molecule has 2 heterocycles. The van der Waals surface area contributed by atoms with Gasteiger partial charge in [0.05, 0.1) is 21.7 Å². The number of aromatic amines is 1. The van der Waals surface area contributed by atoms with Crippen molar-refractivity contribution < 1.29 is 71.5 Å². The summed E-state index contributed by atoms with van der Waals surface area (Å²) in [7, 11) is 0. The first-order valence-electron chi connectivity index (χ1n) is 13.5. The number of H-pyrrole nitrogens is 1. The summed E-state index contributed by atoms with van der Waals surface area (Å²) >= 11 is 1.70. The second-order valence-electron chi connectivity index (χ2n) is 9.52. The fraction of sp³-hybridized carbons (Fsp3) is 0.552. The van der Waals surface area contributed by atoms with Crippen LogP contribution in [-0.2, 0) is 15.3 Å². The fourth-order valence-corrected chi connectivity index (χ4v) is 5.36. The SMILES string of the molecule is CC.CC(N)([O-])c1cc(-c2ccn[nH]2)ccc1-c1cnc(C2CCCCC2)s1.CCCC(=O)OC(C)C.O.[K+]. The molecule has 0 bridgehead atoms. The van der Waals surface area contributed by atoms with Crippen molar-refractivity contribution in [1.29, 1.82) is 0 Å². The molecule has 0 spiro atoms. The van der Waals surface area contributed by atoms with Gasteiger partial charge >= 0.3 is 57.4 Å². The Labute approximate surface area is 280 Å². The molecule has 5 N–H and O–H groups in total. The molecule has 2 aromatic heterocycles. The molecule has 39 heavy (non-hydrogen) atoms. The zero-order valence-electron chi connectivity index (χ0n) is 24.7. The number of nitrogens with two attached hydrogens (primary N) is 1. The van der Waals surface area contributed by atoms with Crippen LogP contribution < -0.4 is 62.2 Å². The molecule has 1 aliphatic rings. The van der Waals surface area contributed by atoms with E-state index in [1.54, 1.807) is 17.5 Å². The molecule has 0 radical (unpaired) electrons. The second kappa shape index (κ2) is 19.2. The van der Waals surface area contributed by atoms with E-state index in [9.17, 15) is 9.90 Å². The zero-order valence-corrected chi connectivity index (χ0v) is 28.6. The van der Waals surface area contributed by atoms with E-state index in [1.165, 1.54) is 44.0 Å². The van der Waals surface area contributed by atoms with Crippen molar-refractivity contribution in [3.8, 4) is 21.7 Å². The number of aromatic nitrogens is 3. The maximum Gasteiger partial charge on any atom is 1.00 e. The van der Waals surface area contributed by atoms with Gasteiger partial charge in [0.25, 0.3) is 0 Å². The van der Waals surface area contributed by atoms with Crippen molar-refractivity contribution in [2.75, 3.05) is 0 Å². The average molecular weight is 585 g/mol. The van der Waals surface area contributed by atoms with Crippen LogP contribution in [0.15, 0.2) is 36.7 Å². The molecule has 8 nitrogen and oxygen atoms in total. The van der Waals surface area contributed by atoms with Gasteiger partial charge < -0.3 is 21.1 Å². The molecular weight excluding hydrogens is 540 g/mol. The van der Waals surface area contributed by atoms with Gasteiger partial charge in [-0.2, -0.15) is 5.10 Å². The van der Waals surface area contributed by atoms with Crippen LogP contribution in [0, 0.1) is 0 Å². The van der Waals surface area contributed by atoms with Crippen LogP contribution in [0.3, 0.4) is 0 Å². The topological polar surface area (TPSA) is 148 Å². The second-order valence-corrected chi connectivity index (χ2v) is 10.6. The van der Waals surface area contributed by atoms with E-state index in [1.807, 2.05) is 65.1 Å². The molecule has 1 aliphatic carbocycles. The summed E-state index contributed by atoms with van der Waals surface area (Å²) in [5.74, 6) is 0.472. The first kappa shape index (κ1) is 38.0. The minimum Gasteiger partial charge on any atom is -0.835 e. The molecule has 0 saturated heterocycles. The first-order chi connectivity index (χ1) is 17.7. The van der Waals surface area contributed by atoms with E-state index in [-0.39, 0.29) is 68.9 Å². The van der Waals surface area contributed by atoms with Crippen molar-refractivity contribution >= 4 is 17.3 Å². The predicted octanol–water partition coefficient (Wildman–Crippen LogP) is 2.68. The van der Waals surface area contributed by atoms with Crippen LogP contribution in [0.4, 0.5) is 0 Å². The number of benzene rings is 1. The summed E-state index contributed by atoms with van der Waals surface area (Å²) in [5.41, 5.74) is 7.54. The van der Waals surface area contributed by atoms with Gasteiger partial charge in [-0.15, -0.1) is 11.3 Å². The first-order valence-corrected chi connectivity index (χ1v) is 14.3. The Kier molecular flexibility index (Phi) is 18.7. The number of ether oxygens (including phenoxy) is 1. The van der Waals surface area contributed by atoms with Crippen molar-refractivity contribution in [2.24, 2.45) is 5.73 Å². The van der Waals surface area contributed by atoms with Crippen LogP contribution in [0.5, 0.6) is 0 Å². The molecular formula is C29H45KN4O4S. The van der Waals surface area contributed by atoms with E-state index >= 15 is 0 Å². The smallest absolute Gasteiger partial charge is 0.835 e. The number of carbonyl (C=O) groups is 1. The van der Waals surface area contributed by atoms with Gasteiger partial charge in [0.15, 0.2) is 0 Å². The Morgan fingerprint density at radius 3 is 2.44 bits per heavy atom. The number of rotatable bonds is 7. The number of thiazole rings is 1. The normalized spacial score (nSPS) is 14.4. The standard InChI is InChI=1S/C20H23N4OS.C7H14O2.C2H6.K.H2O/c1-20(21,25)16-11-14(17-9-10-23-24-17)7-8-15(16)18-12-22-19(26-18)13-5-3-2-4-6-13;1-4-5-7(8)9-6(2)3;1-2;;/h7-13H,2-6,21H2,1H3,(H,23,24);6H,4-5H2,1-3H3;1-2H3;;1H2/q-1;;;+1;. The maximum atomic E-state index is 12.7. The average Bonchev–Trinajstić information content (AvgIpc) is 3.58. The number of esters is 1. The minimum absolute atomic E-state index is 0. The van der Waals surface area contributed by atoms with Crippen LogP contribution >= 0.6 is 11.3 Å². The maximum absolute atomic E-state index is 12.7. The van der Waals surface area contributed by atoms with E-state index < -0.39 is 5.72 Å². The van der Waals surface area contributed by atoms with Gasteiger partial charge in [0.1, 0.15) is 0 Å². The number of hydrogen-bond donors (Lipinski definition) is 2. The summed E-state index contributed by atoms with van der Waals surface area (Å²) < 4.78 is 4.85. The molecule has 0 aliphatic heterocycles. The number of carbonyl (C=O) groups excluding carboxylic acids is 1. The molecule has 1 aromatic carbocycles. The molecule has 0 amide bonds. The molecule has 4 rings (SSSR count). The van der Waals surface area contributed by atoms with Crippen molar-refractivity contribution in [3.05, 3.63) is 47.2 Å². The molecule has 3 aromatic rings. The van der Waals surface area contributed by atoms with E-state index in [2.05, 4.69) is 15.2 Å². The van der Waals surface area contributed by atoms with Gasteiger partial charge in [-0.05, 0) is 67.7 Å². The summed E-state index contributed by atoms with van der Waals surface area (Å²) in [6, 6.07) is 7.73. The Morgan fingerprint density at radius 1 is 1.23 bits per heavy atom. The van der Waals surface area contributed by atoms with Gasteiger partial charge in [-0.1, -0.05) is 59.1 Å². The summed E-state index contributed by atoms with van der Waals surface area (Å²) in [4.78, 5) is 16.3. The van der Waals surface area contributed by atoms with Crippen LogP contribution in [0.1, 0.15) is 103 Å². The third-order valence-electron chi connectivity index (χ3n) is 5.93. The van der Waals surface area contributed by atoms with Crippen LogP contribution in [0.25, 0.3) is 21.7 Å². The molecule has 1 unspecified atom stereocenters. The quantitative estimate of drug-likeness (QED) is 0.248. The monoisotopic (exact) mass is 584 g/mol. The molecule has 1 atom stereocenters. The summed E-state index contributed by atoms with van der Waals surface area (Å²) in [5, 5.41) is 20.8. The molecule has 1 fully saturated rings. The largest absolute Gasteiger partial charge is 1.00 e. The Bertz CT molecular complexity index is 1080. The fourth-order valence-electron chi connectivity index (χ4n) is 4.23. The minimum atomic E-state index is -1.68. The number of hydrogen-bond acceptors (Lipinski definition) is 7. The van der Waals surface area contributed by atoms with Crippen molar-refractivity contribution in [1.82, 2.24) is 15.2 Å². The van der Waals surface area contributed by atoms with Crippen LogP contribution in [-0.4, -0.2) is 32.7 Å². The molecule has 1 saturated carbocycles. The van der Waals surface area contributed by atoms with E-state index in [0.717, 1.165) is 28.1 Å². The van der Waals surface area contributed by atoms with Crippen molar-refractivity contribution in [2.45, 2.75) is 104 Å². The van der Waals surface area contributed by atoms with Gasteiger partial charge in [0, 0.05) is 24.7 Å². The number of nitrogens with one attached hydrogen (secondary N) is 1. The third-order valence-corrected chi connectivity index (χ3v) is 7.12. The summed E-state index contributed by atoms with van der Waals surface area (Å²) in [6.07, 6.45) is 11.4. The third kappa shape index (κ3) is 12.2. The number of nitrogens with zero attached hydrogens (tertiary/aromatic N) is 2. The Balaban J connectivity index is 0.000000959.